The Morgan fingerprint density at radius 1 is 1.43 bits per heavy atom. The lowest BCUT2D eigenvalue weighted by Crippen LogP contribution is -2.12. The Morgan fingerprint density at radius 3 is 2.95 bits per heavy atom. The van der Waals surface area contributed by atoms with Gasteiger partial charge in [-0.05, 0) is 18.2 Å². The quantitative estimate of drug-likeness (QED) is 0.840. The van der Waals surface area contributed by atoms with Gasteiger partial charge in [0.05, 0.1) is 22.6 Å². The molecule has 2 aromatic rings. The van der Waals surface area contributed by atoms with Crippen molar-refractivity contribution in [2.45, 2.75) is 11.3 Å². The van der Waals surface area contributed by atoms with Crippen molar-refractivity contribution >= 4 is 26.5 Å². The first-order valence-electron chi connectivity index (χ1n) is 5.85. The van der Waals surface area contributed by atoms with Crippen molar-refractivity contribution in [2.75, 3.05) is 11.3 Å². The molecule has 0 aliphatic rings. The highest BCUT2D eigenvalue weighted by molar-refractivity contribution is 7.93. The number of nitrogens with one attached hydrogen (secondary N) is 1. The molecule has 0 radical (unpaired) electrons. The molecule has 0 fully saturated rings. The monoisotopic (exact) mass is 326 g/mol. The third-order valence-corrected chi connectivity index (χ3v) is 4.58. The highest BCUT2D eigenvalue weighted by Gasteiger charge is 2.16. The van der Waals surface area contributed by atoms with Crippen LogP contribution in [0.4, 0.5) is 9.52 Å². The maximum atomic E-state index is 13.1. The van der Waals surface area contributed by atoms with Gasteiger partial charge in [0.15, 0.2) is 5.13 Å². The number of anilines is 1. The van der Waals surface area contributed by atoms with Gasteiger partial charge in [0, 0.05) is 6.42 Å². The summed E-state index contributed by atoms with van der Waals surface area (Å²) in [6.07, 6.45) is 1.76. The van der Waals surface area contributed by atoms with Crippen LogP contribution < -0.4 is 4.72 Å². The highest BCUT2D eigenvalue weighted by atomic mass is 32.2. The molecule has 0 saturated heterocycles. The molecule has 1 aromatic heterocycles. The fraction of sp³-hybridized carbons (Fsp3) is 0.154. The van der Waals surface area contributed by atoms with E-state index in [0.29, 0.717) is 11.3 Å². The van der Waals surface area contributed by atoms with Crippen molar-refractivity contribution < 1.29 is 17.9 Å². The average molecular weight is 326 g/mol. The number of rotatable bonds is 4. The predicted octanol–water partition coefficient (Wildman–Crippen LogP) is 1.82. The minimum atomic E-state index is -3.88. The summed E-state index contributed by atoms with van der Waals surface area (Å²) in [6, 6.07) is 4.70. The van der Waals surface area contributed by atoms with Gasteiger partial charge in [-0.2, -0.15) is 0 Å². The second-order valence-electron chi connectivity index (χ2n) is 3.87. The lowest BCUT2D eigenvalue weighted by atomic mass is 10.4. The zero-order chi connectivity index (χ0) is 15.3. The van der Waals surface area contributed by atoms with Crippen LogP contribution in [0.25, 0.3) is 0 Å². The van der Waals surface area contributed by atoms with Gasteiger partial charge in [0.25, 0.3) is 10.0 Å². The molecular formula is C13H11FN2O3S2. The molecule has 0 bridgehead atoms. The van der Waals surface area contributed by atoms with Crippen LogP contribution in [-0.2, 0) is 10.0 Å². The SMILES string of the molecule is O=S(=O)(Nc1ncc(C#CCCO)s1)c1cccc(F)c1. The van der Waals surface area contributed by atoms with Crippen molar-refractivity contribution in [3.8, 4) is 11.8 Å². The van der Waals surface area contributed by atoms with E-state index in [1.807, 2.05) is 0 Å². The van der Waals surface area contributed by atoms with Crippen molar-refractivity contribution in [3.05, 3.63) is 41.2 Å². The number of halogens is 1. The fourth-order valence-electron chi connectivity index (χ4n) is 1.39. The molecule has 0 spiro atoms. The molecule has 0 aliphatic carbocycles. The highest BCUT2D eigenvalue weighted by Crippen LogP contribution is 2.21. The topological polar surface area (TPSA) is 79.3 Å². The number of nitrogens with zero attached hydrogens (tertiary/aromatic N) is 1. The second-order valence-corrected chi connectivity index (χ2v) is 6.58. The zero-order valence-electron chi connectivity index (χ0n) is 10.7. The lowest BCUT2D eigenvalue weighted by Gasteiger charge is -2.04. The Labute approximate surface area is 125 Å². The fourth-order valence-corrected chi connectivity index (χ4v) is 3.36. The Hall–Kier alpha value is -1.95. The van der Waals surface area contributed by atoms with Gasteiger partial charge in [-0.1, -0.05) is 29.2 Å². The molecule has 5 nitrogen and oxygen atoms in total. The maximum absolute atomic E-state index is 13.1. The zero-order valence-corrected chi connectivity index (χ0v) is 12.3. The summed E-state index contributed by atoms with van der Waals surface area (Å²) in [5.41, 5.74) is 0. The molecule has 21 heavy (non-hydrogen) atoms. The predicted molar refractivity (Wildman–Crippen MR) is 77.9 cm³/mol. The maximum Gasteiger partial charge on any atom is 0.263 e. The van der Waals surface area contributed by atoms with E-state index in [9.17, 15) is 12.8 Å². The van der Waals surface area contributed by atoms with Gasteiger partial charge in [-0.15, -0.1) is 0 Å². The van der Waals surface area contributed by atoms with Gasteiger partial charge in [-0.25, -0.2) is 17.8 Å². The van der Waals surface area contributed by atoms with Crippen molar-refractivity contribution in [1.29, 1.82) is 0 Å². The van der Waals surface area contributed by atoms with Crippen molar-refractivity contribution in [3.63, 3.8) is 0 Å². The van der Waals surface area contributed by atoms with E-state index in [0.717, 1.165) is 23.5 Å². The summed E-state index contributed by atoms with van der Waals surface area (Å²) < 4.78 is 39.4. The molecule has 0 atom stereocenters. The average Bonchev–Trinajstić information content (AvgIpc) is 2.86. The Balaban J connectivity index is 2.16. The van der Waals surface area contributed by atoms with Gasteiger partial charge in [-0.3, -0.25) is 4.72 Å². The van der Waals surface area contributed by atoms with E-state index in [-0.39, 0.29) is 16.6 Å². The molecule has 0 amide bonds. The smallest absolute Gasteiger partial charge is 0.263 e. The van der Waals surface area contributed by atoms with E-state index >= 15 is 0 Å². The van der Waals surface area contributed by atoms with E-state index in [2.05, 4.69) is 21.5 Å². The standard InChI is InChI=1S/C13H11FN2O3S2/c14-10-4-3-6-12(8-10)21(18,19)16-13-15-9-11(20-13)5-1-2-7-17/h3-4,6,8-9,17H,2,7H2,(H,15,16). The first kappa shape index (κ1) is 15.4. The largest absolute Gasteiger partial charge is 0.395 e. The molecule has 0 aliphatic heterocycles. The Kier molecular flexibility index (Phi) is 4.90. The molecule has 2 N–H and O–H groups in total. The number of hydrogen-bond donors (Lipinski definition) is 2. The number of thiazole rings is 1. The molecule has 0 unspecified atom stereocenters. The number of benzene rings is 1. The summed E-state index contributed by atoms with van der Waals surface area (Å²) in [4.78, 5) is 4.29. The number of aliphatic hydroxyl groups excluding tert-OH is 1. The summed E-state index contributed by atoms with van der Waals surface area (Å²) >= 11 is 1.06. The Morgan fingerprint density at radius 2 is 2.24 bits per heavy atom. The number of aliphatic hydroxyl groups is 1. The Bertz CT molecular complexity index is 791. The van der Waals surface area contributed by atoms with Crippen LogP contribution in [0.3, 0.4) is 0 Å². The minimum absolute atomic E-state index is 0.0368. The molecule has 1 aromatic carbocycles. The van der Waals surface area contributed by atoms with Crippen LogP contribution in [0, 0.1) is 17.7 Å². The van der Waals surface area contributed by atoms with E-state index < -0.39 is 15.8 Å². The van der Waals surface area contributed by atoms with Crippen LogP contribution in [0.1, 0.15) is 11.3 Å². The number of sulfonamides is 1. The van der Waals surface area contributed by atoms with Gasteiger partial charge < -0.3 is 5.11 Å². The normalized spacial score (nSPS) is 10.8. The first-order chi connectivity index (χ1) is 10.0. The summed E-state index contributed by atoms with van der Waals surface area (Å²) in [7, 11) is -3.88. The van der Waals surface area contributed by atoms with Gasteiger partial charge in [0.1, 0.15) is 5.82 Å². The van der Waals surface area contributed by atoms with Crippen molar-refractivity contribution in [2.24, 2.45) is 0 Å². The van der Waals surface area contributed by atoms with Crippen LogP contribution in [0.15, 0.2) is 35.4 Å². The van der Waals surface area contributed by atoms with Crippen LogP contribution in [0.2, 0.25) is 0 Å². The third-order valence-electron chi connectivity index (χ3n) is 2.28. The third kappa shape index (κ3) is 4.26. The molecule has 1 heterocycles. The lowest BCUT2D eigenvalue weighted by molar-refractivity contribution is 0.305. The minimum Gasteiger partial charge on any atom is -0.395 e. The van der Waals surface area contributed by atoms with E-state index in [1.165, 1.54) is 18.3 Å². The number of aromatic nitrogens is 1. The molecular weight excluding hydrogens is 315 g/mol. The first-order valence-corrected chi connectivity index (χ1v) is 8.15. The summed E-state index contributed by atoms with van der Waals surface area (Å²) in [5, 5.41) is 8.76. The molecule has 8 heteroatoms. The second kappa shape index (κ2) is 6.67. The van der Waals surface area contributed by atoms with Crippen LogP contribution >= 0.6 is 11.3 Å². The molecule has 2 rings (SSSR count). The van der Waals surface area contributed by atoms with Gasteiger partial charge >= 0.3 is 0 Å². The van der Waals surface area contributed by atoms with Crippen molar-refractivity contribution in [1.82, 2.24) is 4.98 Å². The summed E-state index contributed by atoms with van der Waals surface area (Å²) in [5.74, 6) is 4.83. The molecule has 110 valence electrons. The van der Waals surface area contributed by atoms with E-state index in [4.69, 9.17) is 5.11 Å². The molecule has 0 saturated carbocycles. The van der Waals surface area contributed by atoms with E-state index in [1.54, 1.807) is 0 Å². The van der Waals surface area contributed by atoms with Crippen LogP contribution in [0.5, 0.6) is 0 Å². The number of hydrogen-bond acceptors (Lipinski definition) is 5. The van der Waals surface area contributed by atoms with Crippen LogP contribution in [-0.4, -0.2) is 25.1 Å². The van der Waals surface area contributed by atoms with Gasteiger partial charge in [0.2, 0.25) is 0 Å². The summed E-state index contributed by atoms with van der Waals surface area (Å²) in [6.45, 7) is -0.0368.